The Kier molecular flexibility index (Phi) is 6.56. The van der Waals surface area contributed by atoms with Crippen LogP contribution in [0.15, 0.2) is 55.1 Å². The van der Waals surface area contributed by atoms with Gasteiger partial charge in [0.05, 0.1) is 39.5 Å². The molecule has 4 aromatic rings. The number of hydrogen-bond acceptors (Lipinski definition) is 8. The van der Waals surface area contributed by atoms with Gasteiger partial charge in [-0.25, -0.2) is 14.5 Å². The Bertz CT molecular complexity index is 1740. The second-order valence-corrected chi connectivity index (χ2v) is 13.2. The number of amides is 1. The molecule has 0 radical (unpaired) electrons. The average molecular weight is 598 g/mol. The van der Waals surface area contributed by atoms with E-state index in [1.165, 1.54) is 6.20 Å². The van der Waals surface area contributed by atoms with Crippen LogP contribution in [0.3, 0.4) is 0 Å². The first-order chi connectivity index (χ1) is 20.6. The number of ether oxygens (including phenoxy) is 1. The first-order valence-electron chi connectivity index (χ1n) is 14.6. The van der Waals surface area contributed by atoms with Crippen LogP contribution in [-0.4, -0.2) is 54.9 Å². The van der Waals surface area contributed by atoms with Crippen molar-refractivity contribution in [2.24, 2.45) is 11.3 Å². The predicted octanol–water partition coefficient (Wildman–Crippen LogP) is 5.24. The number of carbonyl (C=O) groups excluding carboxylic acids is 1. The third kappa shape index (κ3) is 4.96. The molecule has 2 saturated carbocycles. The molecule has 0 spiro atoms. The third-order valence-electron chi connectivity index (χ3n) is 9.02. The van der Waals surface area contributed by atoms with Crippen LogP contribution in [0.1, 0.15) is 51.5 Å². The van der Waals surface area contributed by atoms with E-state index < -0.39 is 11.0 Å². The smallest absolute Gasteiger partial charge is 0.231 e. The first kappa shape index (κ1) is 27.6. The van der Waals surface area contributed by atoms with Gasteiger partial charge >= 0.3 is 0 Å². The number of halogens is 1. The van der Waals surface area contributed by atoms with Crippen molar-refractivity contribution in [3.05, 3.63) is 65.7 Å². The summed E-state index contributed by atoms with van der Waals surface area (Å²) in [6.45, 7) is 3.47. The van der Waals surface area contributed by atoms with Gasteiger partial charge in [0.15, 0.2) is 5.82 Å². The molecule has 2 N–H and O–H groups in total. The summed E-state index contributed by atoms with van der Waals surface area (Å²) in [6.07, 6.45) is 11.2. The number of anilines is 2. The SMILES string of the molecule is CC(C)(O)COc1cc(-c2ccc(N3C4CC5CC3CC(C(=O)Nc3ncccc3Cl)(C5)C4)nc2)c2c(C#N)cnn2c1. The van der Waals surface area contributed by atoms with Gasteiger partial charge in [0.2, 0.25) is 5.91 Å². The molecule has 2 aliphatic heterocycles. The van der Waals surface area contributed by atoms with Crippen molar-refractivity contribution < 1.29 is 14.6 Å². The fourth-order valence-corrected chi connectivity index (χ4v) is 7.60. The fraction of sp³-hybridized carbons (Fsp3) is 0.406. The van der Waals surface area contributed by atoms with E-state index in [1.54, 1.807) is 42.9 Å². The van der Waals surface area contributed by atoms with Gasteiger partial charge in [-0.15, -0.1) is 0 Å². The zero-order chi connectivity index (χ0) is 29.9. The van der Waals surface area contributed by atoms with Crippen LogP contribution in [0.2, 0.25) is 5.02 Å². The molecule has 2 unspecified atom stereocenters. The van der Waals surface area contributed by atoms with Crippen molar-refractivity contribution in [2.75, 3.05) is 16.8 Å². The highest BCUT2D eigenvalue weighted by atomic mass is 35.5. The summed E-state index contributed by atoms with van der Waals surface area (Å²) in [5, 5.41) is 27.7. The van der Waals surface area contributed by atoms with Gasteiger partial charge in [-0.2, -0.15) is 10.4 Å². The van der Waals surface area contributed by atoms with Gasteiger partial charge < -0.3 is 20.1 Å². The fourth-order valence-electron chi connectivity index (χ4n) is 7.43. The topological polar surface area (TPSA) is 129 Å². The lowest BCUT2D eigenvalue weighted by atomic mass is 9.55. The Morgan fingerprint density at radius 1 is 1.21 bits per heavy atom. The van der Waals surface area contributed by atoms with E-state index in [1.807, 2.05) is 24.4 Å². The van der Waals surface area contributed by atoms with Crippen LogP contribution in [0, 0.1) is 22.7 Å². The number of piperidine rings is 2. The Labute approximate surface area is 254 Å². The molecule has 11 heteroatoms. The third-order valence-corrected chi connectivity index (χ3v) is 9.33. The van der Waals surface area contributed by atoms with Crippen molar-refractivity contribution >= 4 is 34.7 Å². The number of aliphatic hydroxyl groups is 1. The van der Waals surface area contributed by atoms with E-state index in [0.717, 1.165) is 49.0 Å². The normalized spacial score (nSPS) is 24.3. The summed E-state index contributed by atoms with van der Waals surface area (Å²) in [4.78, 5) is 25.2. The Morgan fingerprint density at radius 3 is 2.67 bits per heavy atom. The Hall–Kier alpha value is -4.20. The largest absolute Gasteiger partial charge is 0.489 e. The maximum Gasteiger partial charge on any atom is 0.231 e. The number of fused-ring (bicyclic) bond motifs is 1. The number of aromatic nitrogens is 4. The monoisotopic (exact) mass is 597 g/mol. The molecule has 8 rings (SSSR count). The highest BCUT2D eigenvalue weighted by Crippen LogP contribution is 2.57. The minimum atomic E-state index is -1.00. The maximum atomic E-state index is 13.6. The van der Waals surface area contributed by atoms with E-state index in [0.29, 0.717) is 33.6 Å². The lowest BCUT2D eigenvalue weighted by Crippen LogP contribution is -2.64. The van der Waals surface area contributed by atoms with Crippen LogP contribution >= 0.6 is 11.6 Å². The van der Waals surface area contributed by atoms with Crippen LogP contribution in [0.25, 0.3) is 16.6 Å². The van der Waals surface area contributed by atoms with Crippen LogP contribution in [0.4, 0.5) is 11.6 Å². The molecule has 4 aliphatic rings. The minimum Gasteiger partial charge on any atom is -0.489 e. The van der Waals surface area contributed by atoms with Crippen molar-refractivity contribution in [3.63, 3.8) is 0 Å². The van der Waals surface area contributed by atoms with Gasteiger partial charge in [-0.3, -0.25) is 4.79 Å². The van der Waals surface area contributed by atoms with Crippen molar-refractivity contribution in [3.8, 4) is 22.9 Å². The lowest BCUT2D eigenvalue weighted by Gasteiger charge is -2.61. The molecular formula is C32H32ClN7O3. The highest BCUT2D eigenvalue weighted by Gasteiger charge is 2.58. The zero-order valence-electron chi connectivity index (χ0n) is 24.0. The predicted molar refractivity (Wildman–Crippen MR) is 162 cm³/mol. The van der Waals surface area contributed by atoms with Crippen molar-refractivity contribution in [1.82, 2.24) is 19.6 Å². The molecule has 2 saturated heterocycles. The van der Waals surface area contributed by atoms with Crippen molar-refractivity contribution in [2.45, 2.75) is 63.6 Å². The number of nitrogens with zero attached hydrogens (tertiary/aromatic N) is 6. The van der Waals surface area contributed by atoms with Crippen LogP contribution in [0.5, 0.6) is 5.75 Å². The number of nitrogens with one attached hydrogen (secondary N) is 1. The second-order valence-electron chi connectivity index (χ2n) is 12.8. The summed E-state index contributed by atoms with van der Waals surface area (Å²) in [7, 11) is 0. The highest BCUT2D eigenvalue weighted by molar-refractivity contribution is 6.33. The van der Waals surface area contributed by atoms with E-state index in [-0.39, 0.29) is 24.6 Å². The molecule has 220 valence electrons. The standard InChI is InChI=1S/C32H32ClN7O3/c1-31(2,42)18-43-24-10-25(28-21(14-34)16-37-39(28)17-24)20-5-6-27(36-15-20)40-22-8-19-9-23(40)13-32(11-19,12-22)30(41)38-29-26(33)4-3-7-35-29/h3-7,10,15-17,19,22-23,42H,8-9,11-13,18H2,1-2H3,(H,35,38,41). The van der Waals surface area contributed by atoms with E-state index >= 15 is 0 Å². The molecule has 6 heterocycles. The molecule has 4 bridgehead atoms. The van der Waals surface area contributed by atoms with Crippen LogP contribution in [-0.2, 0) is 4.79 Å². The van der Waals surface area contributed by atoms with Crippen LogP contribution < -0.4 is 15.0 Å². The maximum absolute atomic E-state index is 13.6. The number of hydrogen-bond donors (Lipinski definition) is 2. The van der Waals surface area contributed by atoms with E-state index in [4.69, 9.17) is 21.3 Å². The molecule has 2 atom stereocenters. The summed E-state index contributed by atoms with van der Waals surface area (Å²) in [5.74, 6) is 2.35. The molecule has 4 aromatic heterocycles. The molecule has 0 aromatic carbocycles. The van der Waals surface area contributed by atoms with E-state index in [9.17, 15) is 15.2 Å². The summed E-state index contributed by atoms with van der Waals surface area (Å²) < 4.78 is 7.50. The van der Waals surface area contributed by atoms with Gasteiger partial charge in [-0.05, 0) is 82.2 Å². The molecule has 2 aliphatic carbocycles. The Morgan fingerprint density at radius 2 is 2.00 bits per heavy atom. The quantitative estimate of drug-likeness (QED) is 0.296. The van der Waals surface area contributed by atoms with Crippen molar-refractivity contribution in [1.29, 1.82) is 5.26 Å². The summed E-state index contributed by atoms with van der Waals surface area (Å²) in [6, 6.07) is 12.1. The average Bonchev–Trinajstić information content (AvgIpc) is 3.39. The zero-order valence-corrected chi connectivity index (χ0v) is 24.8. The van der Waals surface area contributed by atoms with Gasteiger partial charge in [0.25, 0.3) is 0 Å². The lowest BCUT2D eigenvalue weighted by molar-refractivity contribution is -0.134. The number of pyridine rings is 3. The Balaban J connectivity index is 1.16. The van der Waals surface area contributed by atoms with E-state index in [2.05, 4.69) is 26.4 Å². The van der Waals surface area contributed by atoms with Gasteiger partial charge in [0.1, 0.15) is 24.2 Å². The molecule has 43 heavy (non-hydrogen) atoms. The molecular weight excluding hydrogens is 566 g/mol. The van der Waals surface area contributed by atoms with Gasteiger partial charge in [-0.1, -0.05) is 11.6 Å². The summed E-state index contributed by atoms with van der Waals surface area (Å²) in [5.41, 5.74) is 1.28. The second kappa shape index (κ2) is 10.2. The number of nitriles is 1. The summed E-state index contributed by atoms with van der Waals surface area (Å²) >= 11 is 6.29. The molecule has 10 nitrogen and oxygen atoms in total. The number of rotatable bonds is 7. The minimum absolute atomic E-state index is 0.0141. The van der Waals surface area contributed by atoms with Gasteiger partial charge in [0, 0.05) is 35.6 Å². The number of carbonyl (C=O) groups is 1. The molecule has 4 fully saturated rings. The molecule has 1 amide bonds. The first-order valence-corrected chi connectivity index (χ1v) is 14.9.